The maximum Gasteiger partial charge on any atom is 0.240 e. The van der Waals surface area contributed by atoms with Gasteiger partial charge in [-0.2, -0.15) is 0 Å². The van der Waals surface area contributed by atoms with Crippen LogP contribution in [0.1, 0.15) is 33.9 Å². The monoisotopic (exact) mass is 402 g/mol. The number of ether oxygens (including phenoxy) is 1. The Bertz CT molecular complexity index is 918. The van der Waals surface area contributed by atoms with Crippen LogP contribution >= 0.6 is 0 Å². The third-order valence-electron chi connectivity index (χ3n) is 5.50. The number of sulfonamides is 1. The first-order valence-corrected chi connectivity index (χ1v) is 11.2. The largest absolute Gasteiger partial charge is 0.379 e. The van der Waals surface area contributed by atoms with Gasteiger partial charge in [0.25, 0.3) is 0 Å². The van der Waals surface area contributed by atoms with Crippen LogP contribution in [0.4, 0.5) is 0 Å². The fraction of sp³-hybridized carbons (Fsp3) is 0.455. The van der Waals surface area contributed by atoms with E-state index in [0.717, 1.165) is 35.3 Å². The molecule has 0 aromatic heterocycles. The predicted octanol–water partition coefficient (Wildman–Crippen LogP) is 3.27. The molecule has 2 aromatic rings. The Morgan fingerprint density at radius 2 is 1.57 bits per heavy atom. The molecule has 28 heavy (non-hydrogen) atoms. The Balaban J connectivity index is 1.84. The molecule has 5 nitrogen and oxygen atoms in total. The van der Waals surface area contributed by atoms with Crippen molar-refractivity contribution in [3.8, 4) is 0 Å². The van der Waals surface area contributed by atoms with Gasteiger partial charge in [0.2, 0.25) is 10.0 Å². The second kappa shape index (κ2) is 8.74. The van der Waals surface area contributed by atoms with Gasteiger partial charge in [0, 0.05) is 25.7 Å². The van der Waals surface area contributed by atoms with Crippen LogP contribution in [-0.2, 0) is 14.8 Å². The van der Waals surface area contributed by atoms with Crippen molar-refractivity contribution in [1.29, 1.82) is 0 Å². The summed E-state index contributed by atoms with van der Waals surface area (Å²) in [4.78, 5) is 2.66. The number of aryl methyl sites for hydroxylation is 4. The van der Waals surface area contributed by atoms with Crippen LogP contribution < -0.4 is 4.72 Å². The molecule has 6 heteroatoms. The molecule has 152 valence electrons. The van der Waals surface area contributed by atoms with Gasteiger partial charge >= 0.3 is 0 Å². The fourth-order valence-corrected chi connectivity index (χ4v) is 4.97. The molecule has 1 heterocycles. The smallest absolute Gasteiger partial charge is 0.240 e. The number of benzene rings is 2. The van der Waals surface area contributed by atoms with E-state index in [2.05, 4.69) is 40.8 Å². The lowest BCUT2D eigenvalue weighted by molar-refractivity contribution is 0.0172. The quantitative estimate of drug-likeness (QED) is 0.806. The molecular formula is C22H30N2O3S. The van der Waals surface area contributed by atoms with Gasteiger partial charge < -0.3 is 4.74 Å². The Morgan fingerprint density at radius 1 is 0.964 bits per heavy atom. The minimum atomic E-state index is -3.59. The molecule has 0 spiro atoms. The zero-order valence-electron chi connectivity index (χ0n) is 17.2. The van der Waals surface area contributed by atoms with E-state index in [0.29, 0.717) is 24.7 Å². The lowest BCUT2D eigenvalue weighted by Gasteiger charge is -2.35. The van der Waals surface area contributed by atoms with Crippen LogP contribution in [0.25, 0.3) is 0 Å². The van der Waals surface area contributed by atoms with Crippen molar-refractivity contribution in [2.75, 3.05) is 32.8 Å². The van der Waals surface area contributed by atoms with Gasteiger partial charge in [-0.1, -0.05) is 35.9 Å². The Labute approximate surface area is 168 Å². The number of morpholine rings is 1. The van der Waals surface area contributed by atoms with Crippen LogP contribution in [0, 0.1) is 27.7 Å². The molecule has 1 aliphatic heterocycles. The molecule has 1 N–H and O–H groups in total. The molecule has 0 saturated carbocycles. The Hall–Kier alpha value is -1.73. The summed E-state index contributed by atoms with van der Waals surface area (Å²) in [5.74, 6) is 0. The van der Waals surface area contributed by atoms with E-state index in [1.54, 1.807) is 6.07 Å². The molecule has 0 radical (unpaired) electrons. The first-order chi connectivity index (χ1) is 13.3. The highest BCUT2D eigenvalue weighted by molar-refractivity contribution is 7.89. The first kappa shape index (κ1) is 21.0. The van der Waals surface area contributed by atoms with Crippen molar-refractivity contribution in [3.05, 3.63) is 64.2 Å². The van der Waals surface area contributed by atoms with Crippen molar-refractivity contribution in [2.24, 2.45) is 0 Å². The van der Waals surface area contributed by atoms with Crippen molar-refractivity contribution in [1.82, 2.24) is 9.62 Å². The molecule has 3 rings (SSSR count). The highest BCUT2D eigenvalue weighted by Crippen LogP contribution is 2.24. The maximum absolute atomic E-state index is 13.0. The molecular weight excluding hydrogens is 372 g/mol. The highest BCUT2D eigenvalue weighted by atomic mass is 32.2. The molecule has 1 fully saturated rings. The van der Waals surface area contributed by atoms with Gasteiger partial charge in [-0.05, 0) is 56.0 Å². The number of nitrogens with zero attached hydrogens (tertiary/aromatic N) is 1. The van der Waals surface area contributed by atoms with Crippen molar-refractivity contribution >= 4 is 10.0 Å². The normalized spacial score (nSPS) is 16.9. The van der Waals surface area contributed by atoms with Crippen LogP contribution in [0.5, 0.6) is 0 Å². The molecule has 0 unspecified atom stereocenters. The Morgan fingerprint density at radius 3 is 2.21 bits per heavy atom. The van der Waals surface area contributed by atoms with Gasteiger partial charge in [-0.3, -0.25) is 4.90 Å². The highest BCUT2D eigenvalue weighted by Gasteiger charge is 2.26. The Kier molecular flexibility index (Phi) is 6.55. The number of rotatable bonds is 6. The van der Waals surface area contributed by atoms with E-state index in [-0.39, 0.29) is 6.04 Å². The van der Waals surface area contributed by atoms with E-state index in [9.17, 15) is 8.42 Å². The van der Waals surface area contributed by atoms with Crippen molar-refractivity contribution < 1.29 is 13.2 Å². The second-order valence-corrected chi connectivity index (χ2v) is 9.36. The molecule has 0 aliphatic carbocycles. The van der Waals surface area contributed by atoms with Gasteiger partial charge in [-0.25, -0.2) is 13.1 Å². The molecule has 1 atom stereocenters. The zero-order chi connectivity index (χ0) is 20.3. The standard InChI is InChI=1S/C22H30N2O3S/c1-16-5-7-20(8-6-16)21(24-9-11-27-12-10-24)15-23-28(25,26)22-14-18(3)17(2)13-19(22)4/h5-8,13-14,21,23H,9-12,15H2,1-4H3/t21-/m0/s1. The average Bonchev–Trinajstić information content (AvgIpc) is 2.67. The van der Waals surface area contributed by atoms with Crippen LogP contribution in [0.2, 0.25) is 0 Å². The topological polar surface area (TPSA) is 58.6 Å². The lowest BCUT2D eigenvalue weighted by Crippen LogP contribution is -2.43. The summed E-state index contributed by atoms with van der Waals surface area (Å²) in [5, 5.41) is 0. The van der Waals surface area contributed by atoms with E-state index in [1.165, 1.54) is 5.56 Å². The molecule has 2 aromatic carbocycles. The predicted molar refractivity (Wildman–Crippen MR) is 112 cm³/mol. The minimum absolute atomic E-state index is 0.0221. The van der Waals surface area contributed by atoms with Crippen LogP contribution in [-0.4, -0.2) is 46.2 Å². The second-order valence-electron chi connectivity index (χ2n) is 7.63. The number of hydrogen-bond donors (Lipinski definition) is 1. The summed E-state index contributed by atoms with van der Waals surface area (Å²) in [5.41, 5.74) is 5.16. The van der Waals surface area contributed by atoms with Gasteiger partial charge in [0.05, 0.1) is 18.1 Å². The van der Waals surface area contributed by atoms with Crippen LogP contribution in [0.3, 0.4) is 0 Å². The summed E-state index contributed by atoms with van der Waals surface area (Å²) >= 11 is 0. The van der Waals surface area contributed by atoms with Gasteiger partial charge in [-0.15, -0.1) is 0 Å². The van der Waals surface area contributed by atoms with Gasteiger partial charge in [0.1, 0.15) is 0 Å². The number of nitrogens with one attached hydrogen (secondary N) is 1. The lowest BCUT2D eigenvalue weighted by atomic mass is 10.0. The summed E-state index contributed by atoms with van der Waals surface area (Å²) < 4.78 is 34.4. The SMILES string of the molecule is Cc1ccc([C@H](CNS(=O)(=O)c2cc(C)c(C)cc2C)N2CCOCC2)cc1. The fourth-order valence-electron chi connectivity index (χ4n) is 3.63. The van der Waals surface area contributed by atoms with Gasteiger partial charge in [0.15, 0.2) is 0 Å². The maximum atomic E-state index is 13.0. The minimum Gasteiger partial charge on any atom is -0.379 e. The van der Waals surface area contributed by atoms with E-state index in [4.69, 9.17) is 4.74 Å². The third-order valence-corrected chi connectivity index (χ3v) is 7.06. The zero-order valence-corrected chi connectivity index (χ0v) is 18.0. The number of hydrogen-bond acceptors (Lipinski definition) is 4. The van der Waals surface area contributed by atoms with Crippen molar-refractivity contribution in [2.45, 2.75) is 38.6 Å². The molecule has 1 aliphatic rings. The third kappa shape index (κ3) is 4.81. The van der Waals surface area contributed by atoms with E-state index < -0.39 is 10.0 Å². The first-order valence-electron chi connectivity index (χ1n) is 9.74. The molecule has 1 saturated heterocycles. The summed E-state index contributed by atoms with van der Waals surface area (Å²) in [6.07, 6.45) is 0. The van der Waals surface area contributed by atoms with Crippen LogP contribution in [0.15, 0.2) is 41.3 Å². The summed E-state index contributed by atoms with van der Waals surface area (Å²) in [6, 6.07) is 12.0. The van der Waals surface area contributed by atoms with Crippen molar-refractivity contribution in [3.63, 3.8) is 0 Å². The summed E-state index contributed by atoms with van der Waals surface area (Å²) in [6.45, 7) is 11.1. The molecule has 0 amide bonds. The summed E-state index contributed by atoms with van der Waals surface area (Å²) in [7, 11) is -3.59. The van der Waals surface area contributed by atoms with E-state index >= 15 is 0 Å². The molecule has 0 bridgehead atoms. The van der Waals surface area contributed by atoms with E-state index in [1.807, 2.05) is 26.8 Å². The average molecular weight is 403 g/mol.